The van der Waals surface area contributed by atoms with Crippen molar-refractivity contribution in [3.63, 3.8) is 0 Å². The van der Waals surface area contributed by atoms with Crippen LogP contribution in [0, 0.1) is 0 Å². The fourth-order valence-corrected chi connectivity index (χ4v) is 4.69. The topological polar surface area (TPSA) is 26.3 Å². The largest absolute Gasteiger partial charge is 0.329 e. The summed E-state index contributed by atoms with van der Waals surface area (Å²) >= 11 is 7.56. The van der Waals surface area contributed by atoms with Gasteiger partial charge in [0.15, 0.2) is 0 Å². The summed E-state index contributed by atoms with van der Waals surface area (Å²) in [5.74, 6) is 0. The zero-order valence-electron chi connectivity index (χ0n) is 9.77. The number of rotatable bonds is 4. The van der Waals surface area contributed by atoms with Crippen LogP contribution >= 0.6 is 30.3 Å². The van der Waals surface area contributed by atoms with Gasteiger partial charge in [0, 0.05) is 16.4 Å². The molecule has 0 aliphatic rings. The van der Waals surface area contributed by atoms with Crippen molar-refractivity contribution in [2.45, 2.75) is 13.1 Å². The molecule has 0 saturated heterocycles. The molecule has 17 heavy (non-hydrogen) atoms. The third-order valence-electron chi connectivity index (χ3n) is 2.48. The van der Waals surface area contributed by atoms with Crippen LogP contribution in [0.15, 0.2) is 23.6 Å². The molecule has 0 amide bonds. The zero-order chi connectivity index (χ0) is 12.5. The lowest BCUT2D eigenvalue weighted by molar-refractivity contribution is 0.336. The highest BCUT2D eigenvalue weighted by Gasteiger charge is 2.18. The molecule has 0 unspecified atom stereocenters. The van der Waals surface area contributed by atoms with E-state index in [0.29, 0.717) is 12.8 Å². The average Bonchev–Trinajstić information content (AvgIpc) is 2.60. The van der Waals surface area contributed by atoms with Crippen LogP contribution in [-0.4, -0.2) is 13.3 Å². The molecule has 0 radical (unpaired) electrons. The van der Waals surface area contributed by atoms with E-state index >= 15 is 0 Å². The molecule has 0 fully saturated rings. The van der Waals surface area contributed by atoms with Crippen molar-refractivity contribution < 1.29 is 9.09 Å². The lowest BCUT2D eigenvalue weighted by atomic mass is 10.2. The van der Waals surface area contributed by atoms with Gasteiger partial charge in [0.05, 0.1) is 12.8 Å². The summed E-state index contributed by atoms with van der Waals surface area (Å²) in [4.78, 5) is 0. The van der Waals surface area contributed by atoms with Gasteiger partial charge in [-0.05, 0) is 35.4 Å². The summed E-state index contributed by atoms with van der Waals surface area (Å²) in [7, 11) is -2.52. The first-order valence-corrected chi connectivity index (χ1v) is 8.90. The van der Waals surface area contributed by atoms with Crippen LogP contribution in [0.3, 0.4) is 0 Å². The van der Waals surface area contributed by atoms with Gasteiger partial charge >= 0.3 is 0 Å². The fraction of sp³-hybridized carbons (Fsp3) is 0.333. The molecule has 1 atom stereocenters. The maximum atomic E-state index is 12.1. The van der Waals surface area contributed by atoms with Crippen LogP contribution in [0.4, 0.5) is 0 Å². The molecule has 0 aliphatic heterocycles. The van der Waals surface area contributed by atoms with Crippen LogP contribution < -0.4 is 0 Å². The quantitative estimate of drug-likeness (QED) is 0.740. The summed E-state index contributed by atoms with van der Waals surface area (Å²) in [6, 6.07) is 5.78. The highest BCUT2D eigenvalue weighted by atomic mass is 35.5. The second-order valence-electron chi connectivity index (χ2n) is 3.99. The Balaban J connectivity index is 2.34. The predicted molar refractivity (Wildman–Crippen MR) is 75.7 cm³/mol. The van der Waals surface area contributed by atoms with Gasteiger partial charge in [-0.1, -0.05) is 17.7 Å². The molecule has 1 aromatic carbocycles. The number of fused-ring (bicyclic) bond motifs is 1. The van der Waals surface area contributed by atoms with E-state index < -0.39 is 7.37 Å². The van der Waals surface area contributed by atoms with Gasteiger partial charge < -0.3 is 4.52 Å². The molecule has 1 aromatic heterocycles. The van der Waals surface area contributed by atoms with Crippen LogP contribution in [0.5, 0.6) is 0 Å². The van der Waals surface area contributed by atoms with E-state index in [1.807, 2.05) is 30.5 Å². The molecule has 2 aromatic rings. The van der Waals surface area contributed by atoms with E-state index in [1.165, 1.54) is 0 Å². The Morgan fingerprint density at radius 3 is 2.94 bits per heavy atom. The standard InChI is InChI=1S/C12H14ClO2PS/c1-3-15-16(2,14)7-9-8-17-12-6-10(13)4-5-11(9)12/h4-6,8H,3,7H2,1-2H3/t16-/m1/s1. The maximum absolute atomic E-state index is 12.1. The molecular formula is C12H14ClO2PS. The minimum Gasteiger partial charge on any atom is -0.329 e. The van der Waals surface area contributed by atoms with Crippen molar-refractivity contribution in [1.29, 1.82) is 0 Å². The SMILES string of the molecule is CCO[P@@](C)(=O)Cc1csc2cc(Cl)ccc12. The first-order chi connectivity index (χ1) is 8.02. The molecule has 5 heteroatoms. The predicted octanol–water partition coefficient (Wildman–Crippen LogP) is 5.00. The monoisotopic (exact) mass is 288 g/mol. The molecule has 0 bridgehead atoms. The first kappa shape index (κ1) is 13.1. The fourth-order valence-electron chi connectivity index (χ4n) is 1.81. The van der Waals surface area contributed by atoms with Gasteiger partial charge in [0.1, 0.15) is 0 Å². The van der Waals surface area contributed by atoms with Gasteiger partial charge in [0.25, 0.3) is 0 Å². The molecule has 0 aliphatic carbocycles. The lowest BCUT2D eigenvalue weighted by Crippen LogP contribution is -1.91. The van der Waals surface area contributed by atoms with Crippen molar-refractivity contribution in [3.05, 3.63) is 34.2 Å². The average molecular weight is 289 g/mol. The highest BCUT2D eigenvalue weighted by molar-refractivity contribution is 7.57. The molecule has 0 N–H and O–H groups in total. The summed E-state index contributed by atoms with van der Waals surface area (Å²) in [6.07, 6.45) is 0.489. The molecule has 0 spiro atoms. The Labute approximate surface area is 110 Å². The van der Waals surface area contributed by atoms with Gasteiger partial charge in [0.2, 0.25) is 7.37 Å². The van der Waals surface area contributed by atoms with Crippen molar-refractivity contribution in [1.82, 2.24) is 0 Å². The molecular weight excluding hydrogens is 275 g/mol. The minimum absolute atomic E-state index is 0.488. The second-order valence-corrected chi connectivity index (χ2v) is 7.94. The van der Waals surface area contributed by atoms with Crippen molar-refractivity contribution in [3.8, 4) is 0 Å². The third kappa shape index (κ3) is 3.11. The molecule has 1 heterocycles. The summed E-state index contributed by atoms with van der Waals surface area (Å²) in [6.45, 7) is 4.04. The number of halogens is 1. The van der Waals surface area contributed by atoms with Gasteiger partial charge in [-0.25, -0.2) is 0 Å². The molecule has 2 nitrogen and oxygen atoms in total. The zero-order valence-corrected chi connectivity index (χ0v) is 12.2. The number of benzene rings is 1. The van der Waals surface area contributed by atoms with E-state index in [1.54, 1.807) is 18.0 Å². The minimum atomic E-state index is -2.52. The summed E-state index contributed by atoms with van der Waals surface area (Å²) in [5.41, 5.74) is 1.08. The van der Waals surface area contributed by atoms with Crippen molar-refractivity contribution >= 4 is 40.4 Å². The Bertz CT molecular complexity index is 579. The van der Waals surface area contributed by atoms with E-state index in [9.17, 15) is 4.57 Å². The summed E-state index contributed by atoms with van der Waals surface area (Å²) < 4.78 is 18.6. The summed E-state index contributed by atoms with van der Waals surface area (Å²) in [5, 5.41) is 3.90. The normalized spacial score (nSPS) is 15.0. The van der Waals surface area contributed by atoms with E-state index in [2.05, 4.69) is 0 Å². The molecule has 0 saturated carbocycles. The van der Waals surface area contributed by atoms with Gasteiger partial charge in [-0.2, -0.15) is 0 Å². The van der Waals surface area contributed by atoms with E-state index in [4.69, 9.17) is 16.1 Å². The second kappa shape index (κ2) is 5.11. The highest BCUT2D eigenvalue weighted by Crippen LogP contribution is 2.48. The van der Waals surface area contributed by atoms with Crippen LogP contribution in [0.1, 0.15) is 12.5 Å². The lowest BCUT2D eigenvalue weighted by Gasteiger charge is -2.11. The van der Waals surface area contributed by atoms with Crippen LogP contribution in [-0.2, 0) is 15.3 Å². The van der Waals surface area contributed by atoms with Gasteiger partial charge in [-0.3, -0.25) is 4.57 Å². The Hall–Kier alpha value is -0.340. The smallest absolute Gasteiger partial charge is 0.204 e. The molecule has 92 valence electrons. The van der Waals surface area contributed by atoms with Crippen molar-refractivity contribution in [2.75, 3.05) is 13.3 Å². The van der Waals surface area contributed by atoms with Crippen LogP contribution in [0.2, 0.25) is 5.02 Å². The first-order valence-electron chi connectivity index (χ1n) is 5.38. The number of hydrogen-bond acceptors (Lipinski definition) is 3. The number of thiophene rings is 1. The Morgan fingerprint density at radius 1 is 1.47 bits per heavy atom. The Kier molecular flexibility index (Phi) is 3.94. The van der Waals surface area contributed by atoms with Crippen molar-refractivity contribution in [2.24, 2.45) is 0 Å². The number of hydrogen-bond donors (Lipinski definition) is 0. The third-order valence-corrected chi connectivity index (χ3v) is 5.43. The Morgan fingerprint density at radius 2 is 2.24 bits per heavy atom. The van der Waals surface area contributed by atoms with E-state index in [-0.39, 0.29) is 0 Å². The molecule has 2 rings (SSSR count). The van der Waals surface area contributed by atoms with E-state index in [0.717, 1.165) is 20.7 Å². The van der Waals surface area contributed by atoms with Gasteiger partial charge in [-0.15, -0.1) is 11.3 Å². The van der Waals surface area contributed by atoms with Crippen LogP contribution in [0.25, 0.3) is 10.1 Å². The maximum Gasteiger partial charge on any atom is 0.204 e.